The summed E-state index contributed by atoms with van der Waals surface area (Å²) in [5.74, 6) is 0.0792. The maximum atomic E-state index is 12.6. The van der Waals surface area contributed by atoms with Gasteiger partial charge in [0.25, 0.3) is 5.91 Å². The van der Waals surface area contributed by atoms with Gasteiger partial charge < -0.3 is 15.5 Å². The summed E-state index contributed by atoms with van der Waals surface area (Å²) in [6, 6.07) is 14.1. The molecule has 1 saturated heterocycles. The van der Waals surface area contributed by atoms with Gasteiger partial charge in [0.1, 0.15) is 0 Å². The second kappa shape index (κ2) is 10.2. The molecule has 166 valence electrons. The summed E-state index contributed by atoms with van der Waals surface area (Å²) >= 11 is 5.46. The predicted molar refractivity (Wildman–Crippen MR) is 128 cm³/mol. The zero-order valence-corrected chi connectivity index (χ0v) is 19.6. The number of hydrogen-bond acceptors (Lipinski definition) is 4. The standard InChI is InChI=1S/C23H29N3O3S2/c1-3-21(17-9-13-20(14-10-17)31(2,28)29)25-23(30)24-19-11-7-18(8-12-19)22(27)26-15-5-4-6-16-26/h7-14,21H,3-6,15-16H2,1-2H3,(H2,24,25,30)/t21-/m1/s1. The molecule has 2 aromatic rings. The van der Waals surface area contributed by atoms with Gasteiger partial charge in [-0.25, -0.2) is 8.42 Å². The van der Waals surface area contributed by atoms with Crippen LogP contribution in [0.2, 0.25) is 0 Å². The van der Waals surface area contributed by atoms with E-state index in [1.165, 1.54) is 12.7 Å². The molecule has 3 rings (SSSR count). The number of nitrogens with one attached hydrogen (secondary N) is 2. The third-order valence-corrected chi connectivity index (χ3v) is 6.81. The number of hydrogen-bond donors (Lipinski definition) is 2. The second-order valence-electron chi connectivity index (χ2n) is 7.83. The summed E-state index contributed by atoms with van der Waals surface area (Å²) in [4.78, 5) is 14.8. The summed E-state index contributed by atoms with van der Waals surface area (Å²) in [6.07, 6.45) is 5.31. The largest absolute Gasteiger partial charge is 0.356 e. The van der Waals surface area contributed by atoms with Crippen LogP contribution in [0.25, 0.3) is 0 Å². The van der Waals surface area contributed by atoms with E-state index in [1.807, 2.05) is 36.1 Å². The van der Waals surface area contributed by atoms with Crippen LogP contribution in [0.3, 0.4) is 0 Å². The van der Waals surface area contributed by atoms with E-state index in [2.05, 4.69) is 10.6 Å². The van der Waals surface area contributed by atoms with Gasteiger partial charge in [0.2, 0.25) is 0 Å². The second-order valence-corrected chi connectivity index (χ2v) is 10.3. The summed E-state index contributed by atoms with van der Waals surface area (Å²) in [5, 5.41) is 6.90. The summed E-state index contributed by atoms with van der Waals surface area (Å²) in [6.45, 7) is 3.69. The number of nitrogens with zero attached hydrogens (tertiary/aromatic N) is 1. The average molecular weight is 460 g/mol. The third kappa shape index (κ3) is 6.27. The molecule has 1 aliphatic heterocycles. The molecule has 0 bridgehead atoms. The molecule has 1 heterocycles. The number of carbonyl (C=O) groups is 1. The van der Waals surface area contributed by atoms with Crippen LogP contribution in [0, 0.1) is 0 Å². The highest BCUT2D eigenvalue weighted by Gasteiger charge is 2.18. The minimum Gasteiger partial charge on any atom is -0.356 e. The maximum absolute atomic E-state index is 12.6. The Morgan fingerprint density at radius 2 is 1.65 bits per heavy atom. The van der Waals surface area contributed by atoms with E-state index in [1.54, 1.807) is 24.3 Å². The van der Waals surface area contributed by atoms with Crippen LogP contribution in [-0.2, 0) is 9.84 Å². The molecule has 31 heavy (non-hydrogen) atoms. The Morgan fingerprint density at radius 1 is 1.03 bits per heavy atom. The molecular formula is C23H29N3O3S2. The molecule has 1 amide bonds. The number of anilines is 1. The fourth-order valence-corrected chi connectivity index (χ4v) is 4.56. The van der Waals surface area contributed by atoms with Gasteiger partial charge in [0, 0.05) is 30.6 Å². The number of likely N-dealkylation sites (tertiary alicyclic amines) is 1. The van der Waals surface area contributed by atoms with Crippen molar-refractivity contribution >= 4 is 38.8 Å². The first kappa shape index (κ1) is 23.2. The number of amides is 1. The molecule has 0 aliphatic carbocycles. The monoisotopic (exact) mass is 459 g/mol. The summed E-state index contributed by atoms with van der Waals surface area (Å²) < 4.78 is 23.3. The molecule has 1 atom stereocenters. The molecule has 1 aliphatic rings. The lowest BCUT2D eigenvalue weighted by molar-refractivity contribution is 0.0724. The van der Waals surface area contributed by atoms with E-state index in [-0.39, 0.29) is 11.9 Å². The molecular weight excluding hydrogens is 430 g/mol. The van der Waals surface area contributed by atoms with Crippen LogP contribution in [0.1, 0.15) is 54.6 Å². The van der Waals surface area contributed by atoms with E-state index in [0.717, 1.165) is 43.6 Å². The maximum Gasteiger partial charge on any atom is 0.253 e. The van der Waals surface area contributed by atoms with Crippen molar-refractivity contribution in [2.75, 3.05) is 24.7 Å². The molecule has 0 radical (unpaired) electrons. The van der Waals surface area contributed by atoms with E-state index >= 15 is 0 Å². The molecule has 0 unspecified atom stereocenters. The van der Waals surface area contributed by atoms with Crippen molar-refractivity contribution in [3.8, 4) is 0 Å². The lowest BCUT2D eigenvalue weighted by Gasteiger charge is -2.26. The molecule has 6 nitrogen and oxygen atoms in total. The van der Waals surface area contributed by atoms with Crippen molar-refractivity contribution < 1.29 is 13.2 Å². The Bertz CT molecular complexity index is 1010. The highest BCUT2D eigenvalue weighted by atomic mass is 32.2. The van der Waals surface area contributed by atoms with Crippen molar-refractivity contribution in [3.05, 3.63) is 59.7 Å². The Balaban J connectivity index is 1.59. The van der Waals surface area contributed by atoms with Crippen LogP contribution < -0.4 is 10.6 Å². The minimum absolute atomic E-state index is 0.0476. The minimum atomic E-state index is -3.22. The molecule has 8 heteroatoms. The Labute approximate surface area is 190 Å². The van der Waals surface area contributed by atoms with E-state index in [0.29, 0.717) is 15.6 Å². The Morgan fingerprint density at radius 3 is 2.19 bits per heavy atom. The third-order valence-electron chi connectivity index (χ3n) is 5.46. The Kier molecular flexibility index (Phi) is 7.67. The topological polar surface area (TPSA) is 78.5 Å². The SMILES string of the molecule is CC[C@@H](NC(=S)Nc1ccc(C(=O)N2CCCCC2)cc1)c1ccc(S(C)(=O)=O)cc1. The normalized spacial score (nSPS) is 15.2. The van der Waals surface area contributed by atoms with Gasteiger partial charge in [-0.05, 0) is 79.9 Å². The fraction of sp³-hybridized carbons (Fsp3) is 0.391. The highest BCUT2D eigenvalue weighted by Crippen LogP contribution is 2.20. The van der Waals surface area contributed by atoms with Gasteiger partial charge in [0.15, 0.2) is 14.9 Å². The molecule has 2 aromatic carbocycles. The molecule has 0 aromatic heterocycles. The van der Waals surface area contributed by atoms with Crippen LogP contribution in [0.5, 0.6) is 0 Å². The van der Waals surface area contributed by atoms with E-state index in [9.17, 15) is 13.2 Å². The van der Waals surface area contributed by atoms with Gasteiger partial charge in [-0.3, -0.25) is 4.79 Å². The van der Waals surface area contributed by atoms with Crippen molar-refractivity contribution in [1.82, 2.24) is 10.2 Å². The fourth-order valence-electron chi connectivity index (χ4n) is 3.67. The van der Waals surface area contributed by atoms with Crippen LogP contribution in [0.15, 0.2) is 53.4 Å². The number of rotatable bonds is 6. The van der Waals surface area contributed by atoms with Crippen molar-refractivity contribution in [3.63, 3.8) is 0 Å². The first-order valence-electron chi connectivity index (χ1n) is 10.5. The lowest BCUT2D eigenvalue weighted by atomic mass is 10.1. The predicted octanol–water partition coefficient (Wildman–Crippen LogP) is 4.15. The van der Waals surface area contributed by atoms with Crippen molar-refractivity contribution in [2.24, 2.45) is 0 Å². The van der Waals surface area contributed by atoms with Gasteiger partial charge in [-0.2, -0.15) is 0 Å². The number of piperidine rings is 1. The Hall–Kier alpha value is -2.45. The molecule has 2 N–H and O–H groups in total. The zero-order valence-electron chi connectivity index (χ0n) is 17.9. The highest BCUT2D eigenvalue weighted by molar-refractivity contribution is 7.90. The van der Waals surface area contributed by atoms with Gasteiger partial charge in [-0.1, -0.05) is 19.1 Å². The number of sulfone groups is 1. The zero-order chi connectivity index (χ0) is 22.4. The number of carbonyl (C=O) groups excluding carboxylic acids is 1. The number of benzene rings is 2. The van der Waals surface area contributed by atoms with Crippen LogP contribution in [-0.4, -0.2) is 43.7 Å². The quantitative estimate of drug-likeness (QED) is 0.632. The molecule has 1 fully saturated rings. The smallest absolute Gasteiger partial charge is 0.253 e. The van der Waals surface area contributed by atoms with Crippen molar-refractivity contribution in [1.29, 1.82) is 0 Å². The summed E-state index contributed by atoms with van der Waals surface area (Å²) in [5.41, 5.74) is 2.44. The average Bonchev–Trinajstić information content (AvgIpc) is 2.77. The summed E-state index contributed by atoms with van der Waals surface area (Å²) in [7, 11) is -3.22. The van der Waals surface area contributed by atoms with Crippen LogP contribution in [0.4, 0.5) is 5.69 Å². The van der Waals surface area contributed by atoms with E-state index < -0.39 is 9.84 Å². The van der Waals surface area contributed by atoms with Crippen molar-refractivity contribution in [2.45, 2.75) is 43.5 Å². The first-order chi connectivity index (χ1) is 14.8. The molecule has 0 saturated carbocycles. The molecule has 0 spiro atoms. The number of thiocarbonyl (C=S) groups is 1. The lowest BCUT2D eigenvalue weighted by Crippen LogP contribution is -2.35. The first-order valence-corrected chi connectivity index (χ1v) is 12.8. The van der Waals surface area contributed by atoms with Crippen LogP contribution >= 0.6 is 12.2 Å². The van der Waals surface area contributed by atoms with Gasteiger partial charge >= 0.3 is 0 Å². The van der Waals surface area contributed by atoms with E-state index in [4.69, 9.17) is 12.2 Å². The van der Waals surface area contributed by atoms with Gasteiger partial charge in [-0.15, -0.1) is 0 Å². The van der Waals surface area contributed by atoms with Gasteiger partial charge in [0.05, 0.1) is 10.9 Å².